The third kappa shape index (κ3) is 1.69. The number of nitrogen functional groups attached to an aromatic ring is 1. The van der Waals surface area contributed by atoms with Gasteiger partial charge in [0.1, 0.15) is 0 Å². The van der Waals surface area contributed by atoms with Crippen molar-refractivity contribution in [1.82, 2.24) is 9.78 Å². The molecule has 0 aliphatic carbocycles. The van der Waals surface area contributed by atoms with Crippen LogP contribution >= 0.6 is 0 Å². The Morgan fingerprint density at radius 3 is 2.62 bits per heavy atom. The Morgan fingerprint density at radius 2 is 2.06 bits per heavy atom. The number of hydrogen-bond acceptors (Lipinski definition) is 2. The van der Waals surface area contributed by atoms with Crippen LogP contribution in [0.3, 0.4) is 0 Å². The summed E-state index contributed by atoms with van der Waals surface area (Å²) in [6, 6.07) is 6.16. The Bertz CT molecular complexity index is 512. The van der Waals surface area contributed by atoms with Gasteiger partial charge in [-0.15, -0.1) is 0 Å². The maximum Gasteiger partial charge on any atom is 0.0571 e. The van der Waals surface area contributed by atoms with Crippen LogP contribution in [0.15, 0.2) is 24.4 Å². The average Bonchev–Trinajstić information content (AvgIpc) is 2.64. The molecule has 3 nitrogen and oxygen atoms in total. The van der Waals surface area contributed by atoms with Crippen molar-refractivity contribution in [3.05, 3.63) is 35.7 Å². The van der Waals surface area contributed by atoms with Crippen molar-refractivity contribution in [3.8, 4) is 11.1 Å². The SMILES string of the molecule is CCn1ncc(-c2ccc(C)c(N)c2)c1C. The lowest BCUT2D eigenvalue weighted by atomic mass is 10.0. The molecule has 3 heteroatoms. The fourth-order valence-corrected chi connectivity index (χ4v) is 1.86. The lowest BCUT2D eigenvalue weighted by Crippen LogP contribution is -1.98. The highest BCUT2D eigenvalue weighted by molar-refractivity contribution is 5.70. The Balaban J connectivity index is 2.50. The summed E-state index contributed by atoms with van der Waals surface area (Å²) in [5.74, 6) is 0. The topological polar surface area (TPSA) is 43.8 Å². The highest BCUT2D eigenvalue weighted by Gasteiger charge is 2.08. The molecule has 0 atom stereocenters. The van der Waals surface area contributed by atoms with Gasteiger partial charge in [0.15, 0.2) is 0 Å². The maximum atomic E-state index is 5.92. The Kier molecular flexibility index (Phi) is 2.69. The van der Waals surface area contributed by atoms with Crippen LogP contribution in [0.4, 0.5) is 5.69 Å². The third-order valence-electron chi connectivity index (χ3n) is 2.99. The maximum absolute atomic E-state index is 5.92. The van der Waals surface area contributed by atoms with Gasteiger partial charge in [-0.3, -0.25) is 4.68 Å². The van der Waals surface area contributed by atoms with Gasteiger partial charge >= 0.3 is 0 Å². The zero-order valence-corrected chi connectivity index (χ0v) is 9.99. The van der Waals surface area contributed by atoms with Crippen LogP contribution in [0.25, 0.3) is 11.1 Å². The largest absolute Gasteiger partial charge is 0.398 e. The summed E-state index contributed by atoms with van der Waals surface area (Å²) in [6.07, 6.45) is 1.91. The van der Waals surface area contributed by atoms with E-state index in [0.29, 0.717) is 0 Å². The molecule has 2 aromatic rings. The van der Waals surface area contributed by atoms with Crippen molar-refractivity contribution in [3.63, 3.8) is 0 Å². The number of aromatic nitrogens is 2. The number of aryl methyl sites for hydroxylation is 2. The summed E-state index contributed by atoms with van der Waals surface area (Å²) in [4.78, 5) is 0. The number of rotatable bonds is 2. The molecule has 1 aromatic carbocycles. The molecule has 0 amide bonds. The average molecular weight is 215 g/mol. The van der Waals surface area contributed by atoms with Gasteiger partial charge in [0.05, 0.1) is 6.20 Å². The van der Waals surface area contributed by atoms with Gasteiger partial charge in [-0.2, -0.15) is 5.10 Å². The smallest absolute Gasteiger partial charge is 0.0571 e. The molecule has 0 aliphatic heterocycles. The van der Waals surface area contributed by atoms with E-state index in [9.17, 15) is 0 Å². The van der Waals surface area contributed by atoms with Gasteiger partial charge < -0.3 is 5.73 Å². The summed E-state index contributed by atoms with van der Waals surface area (Å²) >= 11 is 0. The van der Waals surface area contributed by atoms with E-state index in [-0.39, 0.29) is 0 Å². The molecule has 84 valence electrons. The normalized spacial score (nSPS) is 10.7. The summed E-state index contributed by atoms with van der Waals surface area (Å²) in [7, 11) is 0. The monoisotopic (exact) mass is 215 g/mol. The van der Waals surface area contributed by atoms with Crippen LogP contribution in [0.1, 0.15) is 18.2 Å². The predicted molar refractivity (Wildman–Crippen MR) is 67.2 cm³/mol. The molecule has 0 saturated heterocycles. The third-order valence-corrected chi connectivity index (χ3v) is 2.99. The number of anilines is 1. The van der Waals surface area contributed by atoms with Gasteiger partial charge in [-0.05, 0) is 38.0 Å². The van der Waals surface area contributed by atoms with E-state index in [2.05, 4.69) is 25.0 Å². The Labute approximate surface area is 95.9 Å². The van der Waals surface area contributed by atoms with Crippen LogP contribution in [-0.4, -0.2) is 9.78 Å². The standard InChI is InChI=1S/C13H17N3/c1-4-16-10(3)12(8-15-16)11-6-5-9(2)13(14)7-11/h5-8H,4,14H2,1-3H3. The molecule has 0 radical (unpaired) electrons. The molecule has 0 saturated carbocycles. The first kappa shape index (κ1) is 10.7. The minimum atomic E-state index is 0.834. The fourth-order valence-electron chi connectivity index (χ4n) is 1.86. The molecule has 0 bridgehead atoms. The molecule has 1 aromatic heterocycles. The zero-order chi connectivity index (χ0) is 11.7. The molecule has 0 unspecified atom stereocenters. The first-order valence-corrected chi connectivity index (χ1v) is 5.52. The van der Waals surface area contributed by atoms with E-state index in [4.69, 9.17) is 5.73 Å². The molecule has 0 aliphatic rings. The first-order chi connectivity index (χ1) is 7.63. The molecule has 2 N–H and O–H groups in total. The molecular weight excluding hydrogens is 198 g/mol. The quantitative estimate of drug-likeness (QED) is 0.783. The Hall–Kier alpha value is -1.77. The van der Waals surface area contributed by atoms with E-state index >= 15 is 0 Å². The van der Waals surface area contributed by atoms with Crippen molar-refractivity contribution in [2.45, 2.75) is 27.3 Å². The molecule has 0 spiro atoms. The molecular formula is C13H17N3. The minimum absolute atomic E-state index is 0.834. The summed E-state index contributed by atoms with van der Waals surface area (Å²) in [5, 5.41) is 4.34. The van der Waals surface area contributed by atoms with Gasteiger partial charge in [-0.25, -0.2) is 0 Å². The van der Waals surface area contributed by atoms with Crippen LogP contribution in [0.5, 0.6) is 0 Å². The fraction of sp³-hybridized carbons (Fsp3) is 0.308. The van der Waals surface area contributed by atoms with E-state index in [1.54, 1.807) is 0 Å². The van der Waals surface area contributed by atoms with Crippen molar-refractivity contribution >= 4 is 5.69 Å². The van der Waals surface area contributed by atoms with Gasteiger partial charge in [0, 0.05) is 23.5 Å². The highest BCUT2D eigenvalue weighted by atomic mass is 15.3. The van der Waals surface area contributed by atoms with Crippen LogP contribution in [0.2, 0.25) is 0 Å². The van der Waals surface area contributed by atoms with E-state index in [1.807, 2.05) is 29.9 Å². The summed E-state index contributed by atoms with van der Waals surface area (Å²) in [5.41, 5.74) is 11.4. The molecule has 1 heterocycles. The lowest BCUT2D eigenvalue weighted by Gasteiger charge is -2.05. The predicted octanol–water partition coefficient (Wildman–Crippen LogP) is 2.77. The lowest BCUT2D eigenvalue weighted by molar-refractivity contribution is 0.640. The number of nitrogens with zero attached hydrogens (tertiary/aromatic N) is 2. The summed E-state index contributed by atoms with van der Waals surface area (Å²) in [6.45, 7) is 7.09. The second kappa shape index (κ2) is 4.00. The summed E-state index contributed by atoms with van der Waals surface area (Å²) < 4.78 is 1.99. The molecule has 2 rings (SSSR count). The second-order valence-corrected chi connectivity index (χ2v) is 4.03. The van der Waals surface area contributed by atoms with Crippen LogP contribution in [0, 0.1) is 13.8 Å². The van der Waals surface area contributed by atoms with Gasteiger partial charge in [0.2, 0.25) is 0 Å². The van der Waals surface area contributed by atoms with Gasteiger partial charge in [-0.1, -0.05) is 12.1 Å². The first-order valence-electron chi connectivity index (χ1n) is 5.52. The van der Waals surface area contributed by atoms with Gasteiger partial charge in [0.25, 0.3) is 0 Å². The van der Waals surface area contributed by atoms with Crippen LogP contribution in [-0.2, 0) is 6.54 Å². The van der Waals surface area contributed by atoms with E-state index < -0.39 is 0 Å². The number of nitrogens with two attached hydrogens (primary N) is 1. The minimum Gasteiger partial charge on any atom is -0.398 e. The van der Waals surface area contributed by atoms with Crippen molar-refractivity contribution in [2.75, 3.05) is 5.73 Å². The second-order valence-electron chi connectivity index (χ2n) is 4.03. The zero-order valence-electron chi connectivity index (χ0n) is 9.99. The van der Waals surface area contributed by atoms with Crippen molar-refractivity contribution in [1.29, 1.82) is 0 Å². The van der Waals surface area contributed by atoms with Crippen molar-refractivity contribution < 1.29 is 0 Å². The van der Waals surface area contributed by atoms with Crippen LogP contribution < -0.4 is 5.73 Å². The van der Waals surface area contributed by atoms with E-state index in [0.717, 1.165) is 28.9 Å². The van der Waals surface area contributed by atoms with E-state index in [1.165, 1.54) is 5.69 Å². The Morgan fingerprint density at radius 1 is 1.31 bits per heavy atom. The molecule has 16 heavy (non-hydrogen) atoms. The van der Waals surface area contributed by atoms with Crippen molar-refractivity contribution in [2.24, 2.45) is 0 Å². The highest BCUT2D eigenvalue weighted by Crippen LogP contribution is 2.26. The number of benzene rings is 1. The number of hydrogen-bond donors (Lipinski definition) is 1. The molecule has 0 fully saturated rings.